The van der Waals surface area contributed by atoms with Crippen molar-refractivity contribution in [2.24, 2.45) is 18.7 Å². The number of phenols is 1. The topological polar surface area (TPSA) is 64.1 Å². The van der Waals surface area contributed by atoms with Crippen molar-refractivity contribution in [3.63, 3.8) is 0 Å². The molecule has 1 heterocycles. The molecule has 4 nitrogen and oxygen atoms in total. The summed E-state index contributed by atoms with van der Waals surface area (Å²) in [5.74, 6) is 6.94. The van der Waals surface area contributed by atoms with E-state index in [1.807, 2.05) is 19.2 Å². The molecule has 5 heteroatoms. The van der Waals surface area contributed by atoms with Gasteiger partial charge in [-0.1, -0.05) is 49.5 Å². The van der Waals surface area contributed by atoms with Gasteiger partial charge in [0.25, 0.3) is 0 Å². The summed E-state index contributed by atoms with van der Waals surface area (Å²) in [5, 5.41) is 15.0. The highest BCUT2D eigenvalue weighted by molar-refractivity contribution is 9.10. The Morgan fingerprint density at radius 2 is 2.04 bits per heavy atom. The van der Waals surface area contributed by atoms with Gasteiger partial charge in [-0.25, -0.2) is 0 Å². The molecule has 0 bridgehead atoms. The summed E-state index contributed by atoms with van der Waals surface area (Å²) in [6, 6.07) is 5.37. The van der Waals surface area contributed by atoms with E-state index in [4.69, 9.17) is 5.73 Å². The highest BCUT2D eigenvalue weighted by Gasteiger charge is 2.28. The lowest BCUT2D eigenvalue weighted by Gasteiger charge is -2.20. The molecule has 3 N–H and O–H groups in total. The summed E-state index contributed by atoms with van der Waals surface area (Å²) in [5.41, 5.74) is 8.97. The monoisotopic (exact) mass is 403 g/mol. The largest absolute Gasteiger partial charge is 0.507 e. The number of aryl methyl sites for hydroxylation is 1. The molecule has 0 saturated heterocycles. The van der Waals surface area contributed by atoms with E-state index in [1.54, 1.807) is 10.7 Å². The molecule has 0 amide bonds. The van der Waals surface area contributed by atoms with E-state index in [0.29, 0.717) is 12.1 Å². The average Bonchev–Trinajstić information content (AvgIpc) is 2.87. The summed E-state index contributed by atoms with van der Waals surface area (Å²) in [4.78, 5) is 0. The van der Waals surface area contributed by atoms with Crippen LogP contribution in [0.1, 0.15) is 45.4 Å². The standard InChI is InChI=1S/C20H26BrN3O/c1-6-13(12-22)7-9-16-18(20(2,3)4)19(23-24(16)5)15-11-14(21)8-10-17(15)25/h8,10-11,13,25H,6,12,22H2,1-5H3. The van der Waals surface area contributed by atoms with E-state index in [0.717, 1.165) is 27.8 Å². The van der Waals surface area contributed by atoms with Crippen LogP contribution in [0.5, 0.6) is 5.75 Å². The number of hydrogen-bond acceptors (Lipinski definition) is 3. The normalized spacial score (nSPS) is 12.6. The van der Waals surface area contributed by atoms with Crippen molar-refractivity contribution >= 4 is 15.9 Å². The van der Waals surface area contributed by atoms with Crippen molar-refractivity contribution < 1.29 is 5.11 Å². The van der Waals surface area contributed by atoms with Crippen molar-refractivity contribution in [3.8, 4) is 28.8 Å². The minimum absolute atomic E-state index is 0.172. The van der Waals surface area contributed by atoms with Gasteiger partial charge in [-0.2, -0.15) is 5.10 Å². The molecule has 0 saturated carbocycles. The van der Waals surface area contributed by atoms with Crippen LogP contribution in [0.3, 0.4) is 0 Å². The van der Waals surface area contributed by atoms with Crippen molar-refractivity contribution in [1.29, 1.82) is 0 Å². The Balaban J connectivity index is 2.71. The van der Waals surface area contributed by atoms with E-state index in [1.165, 1.54) is 0 Å². The van der Waals surface area contributed by atoms with Crippen LogP contribution >= 0.6 is 15.9 Å². The summed E-state index contributed by atoms with van der Waals surface area (Å²) in [6.07, 6.45) is 0.922. The van der Waals surface area contributed by atoms with Crippen LogP contribution in [0, 0.1) is 17.8 Å². The van der Waals surface area contributed by atoms with Gasteiger partial charge >= 0.3 is 0 Å². The Labute approximate surface area is 158 Å². The Morgan fingerprint density at radius 3 is 2.60 bits per heavy atom. The van der Waals surface area contributed by atoms with E-state index in [-0.39, 0.29) is 17.1 Å². The van der Waals surface area contributed by atoms with Gasteiger partial charge in [0.15, 0.2) is 0 Å². The minimum atomic E-state index is -0.174. The number of aromatic nitrogens is 2. The number of halogens is 1. The second-order valence-corrected chi connectivity index (χ2v) is 8.13. The van der Waals surface area contributed by atoms with Gasteiger partial charge in [0, 0.05) is 35.1 Å². The first-order valence-corrected chi connectivity index (χ1v) is 9.26. The molecule has 0 spiro atoms. The highest BCUT2D eigenvalue weighted by atomic mass is 79.9. The molecule has 1 atom stereocenters. The van der Waals surface area contributed by atoms with Crippen LogP contribution in [0.15, 0.2) is 22.7 Å². The van der Waals surface area contributed by atoms with Gasteiger partial charge in [0.05, 0.1) is 0 Å². The molecule has 0 aliphatic rings. The van der Waals surface area contributed by atoms with E-state index in [9.17, 15) is 5.11 Å². The third-order valence-corrected chi connectivity index (χ3v) is 4.68. The zero-order valence-electron chi connectivity index (χ0n) is 15.5. The van der Waals surface area contributed by atoms with Crippen LogP contribution in [0.4, 0.5) is 0 Å². The highest BCUT2D eigenvalue weighted by Crippen LogP contribution is 2.39. The predicted octanol–water partition coefficient (Wildman–Crippen LogP) is 4.19. The quantitative estimate of drug-likeness (QED) is 0.754. The first-order chi connectivity index (χ1) is 11.7. The SMILES string of the molecule is CCC(C#Cc1c(C(C)(C)C)c(-c2cc(Br)ccc2O)nn1C)CN. The molecule has 25 heavy (non-hydrogen) atoms. The first-order valence-electron chi connectivity index (χ1n) is 8.47. The van der Waals surface area contributed by atoms with E-state index >= 15 is 0 Å². The Kier molecular flexibility index (Phi) is 5.97. The van der Waals surface area contributed by atoms with Crippen LogP contribution in [0.25, 0.3) is 11.3 Å². The molecule has 134 valence electrons. The number of rotatable bonds is 3. The van der Waals surface area contributed by atoms with Gasteiger partial charge in [-0.05, 0) is 36.0 Å². The lowest BCUT2D eigenvalue weighted by atomic mass is 9.83. The smallest absolute Gasteiger partial charge is 0.125 e. The second kappa shape index (κ2) is 7.63. The molecule has 0 aliphatic heterocycles. The van der Waals surface area contributed by atoms with Crippen molar-refractivity contribution in [2.75, 3.05) is 6.54 Å². The fourth-order valence-corrected chi connectivity index (χ4v) is 3.12. The minimum Gasteiger partial charge on any atom is -0.507 e. The lowest BCUT2D eigenvalue weighted by Crippen LogP contribution is -2.15. The molecule has 2 rings (SSSR count). The van der Waals surface area contributed by atoms with Crippen LogP contribution in [0.2, 0.25) is 0 Å². The fourth-order valence-electron chi connectivity index (χ4n) is 2.76. The molecule has 2 aromatic rings. The Bertz CT molecular complexity index is 818. The van der Waals surface area contributed by atoms with Crippen LogP contribution < -0.4 is 5.73 Å². The predicted molar refractivity (Wildman–Crippen MR) is 106 cm³/mol. The van der Waals surface area contributed by atoms with E-state index in [2.05, 4.69) is 60.6 Å². The molecule has 0 fully saturated rings. The summed E-state index contributed by atoms with van der Waals surface area (Å²) >= 11 is 3.47. The number of aromatic hydroxyl groups is 1. The molecule has 1 aromatic carbocycles. The Morgan fingerprint density at radius 1 is 1.36 bits per heavy atom. The summed E-state index contributed by atoms with van der Waals surface area (Å²) in [7, 11) is 1.89. The molecule has 0 aliphatic carbocycles. The van der Waals surface area contributed by atoms with Crippen LogP contribution in [-0.2, 0) is 12.5 Å². The zero-order valence-corrected chi connectivity index (χ0v) is 17.1. The van der Waals surface area contributed by atoms with Gasteiger partial charge in [-0.15, -0.1) is 0 Å². The summed E-state index contributed by atoms with van der Waals surface area (Å²) < 4.78 is 2.69. The fraction of sp³-hybridized carbons (Fsp3) is 0.450. The number of phenolic OH excluding ortho intramolecular Hbond substituents is 1. The van der Waals surface area contributed by atoms with Crippen molar-refractivity contribution in [3.05, 3.63) is 33.9 Å². The third kappa shape index (κ3) is 4.26. The van der Waals surface area contributed by atoms with E-state index < -0.39 is 0 Å². The lowest BCUT2D eigenvalue weighted by molar-refractivity contribution is 0.476. The number of hydrogen-bond donors (Lipinski definition) is 2. The van der Waals surface area contributed by atoms with Gasteiger partial charge in [-0.3, -0.25) is 4.68 Å². The molecule has 0 radical (unpaired) electrons. The van der Waals surface area contributed by atoms with Crippen molar-refractivity contribution in [2.45, 2.75) is 39.5 Å². The molecule has 1 unspecified atom stereocenters. The molecular formula is C20H26BrN3O. The maximum absolute atomic E-state index is 10.4. The Hall–Kier alpha value is -1.77. The van der Waals surface area contributed by atoms with Gasteiger partial charge in [0.1, 0.15) is 17.1 Å². The second-order valence-electron chi connectivity index (χ2n) is 7.22. The zero-order chi connectivity index (χ0) is 18.8. The van der Waals surface area contributed by atoms with Crippen molar-refractivity contribution in [1.82, 2.24) is 9.78 Å². The maximum Gasteiger partial charge on any atom is 0.125 e. The van der Waals surface area contributed by atoms with Gasteiger partial charge in [0.2, 0.25) is 0 Å². The maximum atomic E-state index is 10.4. The summed E-state index contributed by atoms with van der Waals surface area (Å²) in [6.45, 7) is 9.03. The molecular weight excluding hydrogens is 378 g/mol. The first kappa shape index (κ1) is 19.6. The number of nitrogens with two attached hydrogens (primary N) is 1. The number of benzene rings is 1. The number of nitrogens with zero attached hydrogens (tertiary/aromatic N) is 2. The van der Waals surface area contributed by atoms with Gasteiger partial charge < -0.3 is 10.8 Å². The molecule has 1 aromatic heterocycles. The average molecular weight is 404 g/mol. The third-order valence-electron chi connectivity index (χ3n) is 4.18. The van der Waals surface area contributed by atoms with Crippen LogP contribution in [-0.4, -0.2) is 21.4 Å².